The number of sulfonamides is 1. The van der Waals surface area contributed by atoms with Crippen molar-refractivity contribution in [3.8, 4) is 0 Å². The smallest absolute Gasteiger partial charge is 0.277 e. The summed E-state index contributed by atoms with van der Waals surface area (Å²) in [6.45, 7) is 3.98. The lowest BCUT2D eigenvalue weighted by molar-refractivity contribution is 0.102. The van der Waals surface area contributed by atoms with Crippen molar-refractivity contribution in [1.29, 1.82) is 0 Å². The molecule has 0 atom stereocenters. The van der Waals surface area contributed by atoms with Crippen LogP contribution in [-0.4, -0.2) is 37.6 Å². The third-order valence-corrected chi connectivity index (χ3v) is 5.38. The fourth-order valence-corrected chi connectivity index (χ4v) is 3.74. The van der Waals surface area contributed by atoms with Crippen molar-refractivity contribution in [3.63, 3.8) is 0 Å². The zero-order valence-corrected chi connectivity index (χ0v) is 17.2. The van der Waals surface area contributed by atoms with Crippen molar-refractivity contribution in [2.45, 2.75) is 31.6 Å². The van der Waals surface area contributed by atoms with E-state index >= 15 is 0 Å². The van der Waals surface area contributed by atoms with Crippen LogP contribution in [0.5, 0.6) is 0 Å². The summed E-state index contributed by atoms with van der Waals surface area (Å²) in [7, 11) is -3.74. The van der Waals surface area contributed by atoms with Crippen LogP contribution in [0.25, 0.3) is 0 Å². The Bertz CT molecular complexity index is 991. The molecule has 0 aliphatic rings. The van der Waals surface area contributed by atoms with Gasteiger partial charge in [0.05, 0.1) is 10.6 Å². The first-order chi connectivity index (χ1) is 12.8. The maximum Gasteiger partial charge on any atom is 0.277 e. The first kappa shape index (κ1) is 23.8. The van der Waals surface area contributed by atoms with Crippen molar-refractivity contribution >= 4 is 34.0 Å². The van der Waals surface area contributed by atoms with Crippen molar-refractivity contribution in [1.82, 2.24) is 14.9 Å². The summed E-state index contributed by atoms with van der Waals surface area (Å²) in [4.78, 5) is 24.8. The van der Waals surface area contributed by atoms with Crippen molar-refractivity contribution < 1.29 is 13.2 Å². The number of anilines is 1. The van der Waals surface area contributed by atoms with Crippen LogP contribution in [0.3, 0.4) is 0 Å². The molecule has 28 heavy (non-hydrogen) atoms. The molecule has 0 spiro atoms. The van der Waals surface area contributed by atoms with Gasteiger partial charge in [0.15, 0.2) is 0 Å². The summed E-state index contributed by atoms with van der Waals surface area (Å²) in [5.74, 6) is -0.616. The lowest BCUT2D eigenvalue weighted by Crippen LogP contribution is -2.29. The molecule has 0 saturated heterocycles. The van der Waals surface area contributed by atoms with Crippen LogP contribution in [-0.2, 0) is 22.9 Å². The highest BCUT2D eigenvalue weighted by Crippen LogP contribution is 2.17. The minimum atomic E-state index is -3.74. The first-order valence-electron chi connectivity index (χ1n) is 8.55. The molecule has 1 aromatic heterocycles. The van der Waals surface area contributed by atoms with Gasteiger partial charge in [-0.1, -0.05) is 19.9 Å². The summed E-state index contributed by atoms with van der Waals surface area (Å²) >= 11 is 0. The van der Waals surface area contributed by atoms with Crippen LogP contribution in [0.2, 0.25) is 0 Å². The van der Waals surface area contributed by atoms with E-state index in [2.05, 4.69) is 20.2 Å². The molecule has 154 valence electrons. The predicted octanol–water partition coefficient (Wildman–Crippen LogP) is 0.806. The number of halogens is 1. The quantitative estimate of drug-likeness (QED) is 0.488. The molecule has 0 aliphatic carbocycles. The molecule has 0 unspecified atom stereocenters. The van der Waals surface area contributed by atoms with Gasteiger partial charge in [-0.2, -0.15) is 5.10 Å². The number of nitrogens with zero attached hydrogens (tertiary/aromatic N) is 1. The molecular weight excluding hydrogens is 406 g/mol. The average Bonchev–Trinajstić information content (AvgIpc) is 2.66. The van der Waals surface area contributed by atoms with E-state index < -0.39 is 21.5 Å². The number of amides is 1. The molecule has 5 N–H and O–H groups in total. The highest BCUT2D eigenvalue weighted by Gasteiger charge is 2.20. The Morgan fingerprint density at radius 1 is 1.25 bits per heavy atom. The molecule has 0 radical (unpaired) electrons. The van der Waals surface area contributed by atoms with Gasteiger partial charge >= 0.3 is 0 Å². The second-order valence-electron chi connectivity index (χ2n) is 5.73. The number of aromatic nitrogens is 2. The molecule has 1 heterocycles. The number of rotatable bonds is 8. The highest BCUT2D eigenvalue weighted by atomic mass is 35.5. The molecule has 11 heteroatoms. The number of carbonyl (C=O) groups excluding carboxylic acids is 1. The Morgan fingerprint density at radius 2 is 1.96 bits per heavy atom. The number of carbonyl (C=O) groups is 1. The van der Waals surface area contributed by atoms with Crippen molar-refractivity contribution in [2.24, 2.45) is 5.73 Å². The van der Waals surface area contributed by atoms with E-state index in [1.54, 1.807) is 6.07 Å². The monoisotopic (exact) mass is 429 g/mol. The van der Waals surface area contributed by atoms with Gasteiger partial charge in [-0.15, -0.1) is 12.4 Å². The maximum absolute atomic E-state index is 12.7. The van der Waals surface area contributed by atoms with Gasteiger partial charge in [0.2, 0.25) is 10.0 Å². The fourth-order valence-electron chi connectivity index (χ4n) is 2.65. The Kier molecular flexibility index (Phi) is 8.76. The largest absolute Gasteiger partial charge is 0.329 e. The molecule has 0 fully saturated rings. The van der Waals surface area contributed by atoms with Gasteiger partial charge in [-0.05, 0) is 36.6 Å². The van der Waals surface area contributed by atoms with Crippen molar-refractivity contribution in [2.75, 3.05) is 18.4 Å². The minimum absolute atomic E-state index is 0. The third kappa shape index (κ3) is 5.38. The fraction of sp³-hybridized carbons (Fsp3) is 0.353. The molecule has 0 saturated carbocycles. The first-order valence-corrected chi connectivity index (χ1v) is 10.0. The lowest BCUT2D eigenvalue weighted by Gasteiger charge is -2.12. The summed E-state index contributed by atoms with van der Waals surface area (Å²) in [5.41, 5.74) is 6.19. The Morgan fingerprint density at radius 3 is 2.57 bits per heavy atom. The molecule has 1 aromatic carbocycles. The zero-order chi connectivity index (χ0) is 20.0. The Balaban J connectivity index is 0.00000392. The molecule has 1 amide bonds. The Hall–Kier alpha value is -2.27. The number of aromatic amines is 1. The standard InChI is InChI=1S/C17H23N5O4S.ClH/c1-3-13-14(4-2)21-22-17(24)15(13)16(23)20-11-6-5-7-12(10-11)27(25,26)19-9-8-18;/h5-7,10,19H,3-4,8-9,18H2,1-2H3,(H,20,23)(H,22,24);1H. The third-order valence-electron chi connectivity index (χ3n) is 3.92. The number of benzene rings is 1. The van der Waals surface area contributed by atoms with Crippen LogP contribution >= 0.6 is 12.4 Å². The van der Waals surface area contributed by atoms with Gasteiger partial charge in [0, 0.05) is 18.8 Å². The highest BCUT2D eigenvalue weighted by molar-refractivity contribution is 7.89. The summed E-state index contributed by atoms with van der Waals surface area (Å²) in [5, 5.41) is 8.90. The number of H-pyrrole nitrogens is 1. The van der Waals surface area contributed by atoms with Crippen LogP contribution in [0.4, 0.5) is 5.69 Å². The topological polar surface area (TPSA) is 147 Å². The van der Waals surface area contributed by atoms with Gasteiger partial charge in [-0.3, -0.25) is 9.59 Å². The average molecular weight is 430 g/mol. The van der Waals surface area contributed by atoms with E-state index in [4.69, 9.17) is 5.73 Å². The summed E-state index contributed by atoms with van der Waals surface area (Å²) in [6.07, 6.45) is 1.04. The Labute approximate surface area is 169 Å². The number of nitrogens with two attached hydrogens (primary N) is 1. The molecule has 2 rings (SSSR count). The van der Waals surface area contributed by atoms with E-state index in [1.807, 2.05) is 13.8 Å². The van der Waals surface area contributed by atoms with E-state index in [0.717, 1.165) is 0 Å². The van der Waals surface area contributed by atoms with E-state index in [-0.39, 0.29) is 41.6 Å². The van der Waals surface area contributed by atoms with Crippen molar-refractivity contribution in [3.05, 3.63) is 51.4 Å². The van der Waals surface area contributed by atoms with Crippen LogP contribution in [0.1, 0.15) is 35.5 Å². The molecule has 0 bridgehead atoms. The predicted molar refractivity (Wildman–Crippen MR) is 109 cm³/mol. The zero-order valence-electron chi connectivity index (χ0n) is 15.6. The van der Waals surface area contributed by atoms with E-state index in [0.29, 0.717) is 24.1 Å². The van der Waals surface area contributed by atoms with E-state index in [9.17, 15) is 18.0 Å². The maximum atomic E-state index is 12.7. The molecule has 9 nitrogen and oxygen atoms in total. The molecule has 0 aliphatic heterocycles. The SMILES string of the molecule is CCc1n[nH]c(=O)c(C(=O)Nc2cccc(S(=O)(=O)NCCN)c2)c1CC.Cl. The summed E-state index contributed by atoms with van der Waals surface area (Å²) < 4.78 is 26.7. The normalized spacial score (nSPS) is 11.0. The number of nitrogens with one attached hydrogen (secondary N) is 3. The van der Waals surface area contributed by atoms with Crippen LogP contribution < -0.4 is 21.3 Å². The minimum Gasteiger partial charge on any atom is -0.329 e. The second kappa shape index (κ2) is 10.3. The van der Waals surface area contributed by atoms with Crippen LogP contribution in [0.15, 0.2) is 34.0 Å². The molecule has 2 aromatic rings. The van der Waals surface area contributed by atoms with Gasteiger partial charge in [0.1, 0.15) is 5.56 Å². The van der Waals surface area contributed by atoms with Gasteiger partial charge in [-0.25, -0.2) is 18.2 Å². The van der Waals surface area contributed by atoms with Gasteiger partial charge < -0.3 is 11.1 Å². The van der Waals surface area contributed by atoms with Crippen LogP contribution in [0, 0.1) is 0 Å². The second-order valence-corrected chi connectivity index (χ2v) is 7.50. The number of hydrogen-bond donors (Lipinski definition) is 4. The van der Waals surface area contributed by atoms with Gasteiger partial charge in [0.25, 0.3) is 11.5 Å². The number of aryl methyl sites for hydroxylation is 1. The number of hydrogen-bond acceptors (Lipinski definition) is 6. The van der Waals surface area contributed by atoms with E-state index in [1.165, 1.54) is 18.2 Å². The summed E-state index contributed by atoms with van der Waals surface area (Å²) in [6, 6.07) is 5.77. The lowest BCUT2D eigenvalue weighted by atomic mass is 10.0. The molecular formula is C17H24ClN5O4S.